The number of nitrogens with zero attached hydrogens (tertiary/aromatic N) is 2. The van der Waals surface area contributed by atoms with Crippen molar-refractivity contribution in [3.8, 4) is 0 Å². The quantitative estimate of drug-likeness (QED) is 0.433. The first-order valence-electron chi connectivity index (χ1n) is 11.6. The molecular weight excluding hydrogens is 426 g/mol. The Morgan fingerprint density at radius 2 is 1.74 bits per heavy atom. The fourth-order valence-electron chi connectivity index (χ4n) is 4.61. The fraction of sp³-hybridized carbons (Fsp3) is 0.250. The summed E-state index contributed by atoms with van der Waals surface area (Å²) in [5.41, 5.74) is 3.81. The molecule has 0 aliphatic carbocycles. The van der Waals surface area contributed by atoms with Crippen molar-refractivity contribution >= 4 is 39.2 Å². The normalized spacial score (nSPS) is 13.7. The van der Waals surface area contributed by atoms with Crippen molar-refractivity contribution in [3.63, 3.8) is 0 Å². The first-order valence-corrected chi connectivity index (χ1v) is 11.6. The number of rotatable bonds is 5. The number of carbonyl (C=O) groups excluding carboxylic acids is 2. The summed E-state index contributed by atoms with van der Waals surface area (Å²) in [7, 11) is 0. The van der Waals surface area contributed by atoms with E-state index in [1.165, 1.54) is 0 Å². The second kappa shape index (κ2) is 9.23. The maximum Gasteiger partial charge on any atom is 0.339 e. The molecule has 6 nitrogen and oxygen atoms in total. The van der Waals surface area contributed by atoms with Gasteiger partial charge in [0.05, 0.1) is 11.1 Å². The van der Waals surface area contributed by atoms with Crippen molar-refractivity contribution in [2.45, 2.75) is 32.9 Å². The molecule has 0 saturated carbocycles. The average Bonchev–Trinajstić information content (AvgIpc) is 2.85. The third-order valence-electron chi connectivity index (χ3n) is 6.41. The second-order valence-corrected chi connectivity index (χ2v) is 8.89. The number of carbonyl (C=O) groups is 2. The predicted molar refractivity (Wildman–Crippen MR) is 134 cm³/mol. The third kappa shape index (κ3) is 4.24. The Bertz CT molecular complexity index is 1390. The van der Waals surface area contributed by atoms with Gasteiger partial charge in [-0.1, -0.05) is 54.6 Å². The molecular formula is C28H27N3O3. The molecule has 1 aromatic heterocycles. The Morgan fingerprint density at radius 1 is 1.00 bits per heavy atom. The van der Waals surface area contributed by atoms with E-state index in [9.17, 15) is 9.59 Å². The highest BCUT2D eigenvalue weighted by atomic mass is 16.5. The first-order chi connectivity index (χ1) is 16.5. The number of amides is 1. The van der Waals surface area contributed by atoms with Gasteiger partial charge in [-0.05, 0) is 31.4 Å². The summed E-state index contributed by atoms with van der Waals surface area (Å²) in [6, 6.07) is 21.5. The van der Waals surface area contributed by atoms with Gasteiger partial charge in [-0.15, -0.1) is 0 Å². The minimum Gasteiger partial charge on any atom is -0.452 e. The molecule has 34 heavy (non-hydrogen) atoms. The largest absolute Gasteiger partial charge is 0.452 e. The molecule has 0 fully saturated rings. The van der Waals surface area contributed by atoms with E-state index in [4.69, 9.17) is 9.72 Å². The van der Waals surface area contributed by atoms with Gasteiger partial charge in [0.15, 0.2) is 6.61 Å². The average molecular weight is 454 g/mol. The van der Waals surface area contributed by atoms with Crippen molar-refractivity contribution in [3.05, 3.63) is 83.6 Å². The lowest BCUT2D eigenvalue weighted by Gasteiger charge is -2.32. The van der Waals surface area contributed by atoms with E-state index in [-0.39, 0.29) is 12.5 Å². The standard InChI is InChI=1S/C28H27N3O3/c1-18(2)31-15-14-25-22(16-31)27(21-11-5-6-12-24(21)29-25)28(33)34-17-26(32)30-23-13-7-9-19-8-3-4-10-20(19)23/h3-13,18H,14-17H2,1-2H3,(H,30,32). The Labute approximate surface area is 198 Å². The minimum absolute atomic E-state index is 0.356. The first kappa shape index (κ1) is 22.0. The molecule has 1 N–H and O–H groups in total. The third-order valence-corrected chi connectivity index (χ3v) is 6.41. The van der Waals surface area contributed by atoms with Crippen LogP contribution in [-0.4, -0.2) is 41.0 Å². The van der Waals surface area contributed by atoms with E-state index < -0.39 is 5.97 Å². The lowest BCUT2D eigenvalue weighted by molar-refractivity contribution is -0.119. The van der Waals surface area contributed by atoms with Crippen LogP contribution < -0.4 is 5.32 Å². The highest BCUT2D eigenvalue weighted by Gasteiger charge is 2.27. The Balaban J connectivity index is 1.39. The van der Waals surface area contributed by atoms with E-state index in [0.717, 1.165) is 45.9 Å². The smallest absolute Gasteiger partial charge is 0.339 e. The number of pyridine rings is 1. The topological polar surface area (TPSA) is 71.5 Å². The highest BCUT2D eigenvalue weighted by molar-refractivity contribution is 6.07. The van der Waals surface area contributed by atoms with Crippen LogP contribution >= 0.6 is 0 Å². The van der Waals surface area contributed by atoms with E-state index in [1.54, 1.807) is 0 Å². The van der Waals surface area contributed by atoms with Crippen LogP contribution in [0.25, 0.3) is 21.7 Å². The SMILES string of the molecule is CC(C)N1CCc2nc3ccccc3c(C(=O)OCC(=O)Nc3cccc4ccccc34)c2C1. The summed E-state index contributed by atoms with van der Waals surface area (Å²) in [4.78, 5) is 33.1. The monoisotopic (exact) mass is 453 g/mol. The van der Waals surface area contributed by atoms with Gasteiger partial charge in [-0.2, -0.15) is 0 Å². The van der Waals surface area contributed by atoms with Crippen molar-refractivity contribution in [2.75, 3.05) is 18.5 Å². The zero-order valence-electron chi connectivity index (χ0n) is 19.4. The van der Waals surface area contributed by atoms with Gasteiger partial charge in [0, 0.05) is 53.3 Å². The molecule has 6 heteroatoms. The van der Waals surface area contributed by atoms with Gasteiger partial charge in [0.2, 0.25) is 0 Å². The van der Waals surface area contributed by atoms with E-state index >= 15 is 0 Å². The molecule has 2 heterocycles. The van der Waals surface area contributed by atoms with Crippen molar-refractivity contribution in [1.82, 2.24) is 9.88 Å². The van der Waals surface area contributed by atoms with E-state index in [2.05, 4.69) is 24.1 Å². The number of anilines is 1. The number of hydrogen-bond acceptors (Lipinski definition) is 5. The zero-order valence-corrected chi connectivity index (χ0v) is 19.4. The van der Waals surface area contributed by atoms with Crippen LogP contribution in [0.1, 0.15) is 35.5 Å². The fourth-order valence-corrected chi connectivity index (χ4v) is 4.61. The Morgan fingerprint density at radius 3 is 2.56 bits per heavy atom. The molecule has 3 aromatic carbocycles. The van der Waals surface area contributed by atoms with Gasteiger partial charge in [-0.25, -0.2) is 4.79 Å². The molecule has 0 atom stereocenters. The van der Waals surface area contributed by atoms with E-state index in [0.29, 0.717) is 23.8 Å². The molecule has 4 aromatic rings. The molecule has 1 aliphatic heterocycles. The molecule has 1 amide bonds. The molecule has 172 valence electrons. The summed E-state index contributed by atoms with van der Waals surface area (Å²) in [6.45, 7) is 5.47. The Kier molecular flexibility index (Phi) is 5.99. The van der Waals surface area contributed by atoms with Crippen LogP contribution in [0.15, 0.2) is 66.7 Å². The van der Waals surface area contributed by atoms with Gasteiger partial charge < -0.3 is 10.1 Å². The summed E-state index contributed by atoms with van der Waals surface area (Å²) >= 11 is 0. The zero-order chi connectivity index (χ0) is 23.7. The maximum absolute atomic E-state index is 13.3. The van der Waals surface area contributed by atoms with E-state index in [1.807, 2.05) is 66.7 Å². The lowest BCUT2D eigenvalue weighted by Crippen LogP contribution is -2.37. The van der Waals surface area contributed by atoms with Gasteiger partial charge >= 0.3 is 5.97 Å². The summed E-state index contributed by atoms with van der Waals surface area (Å²) in [5.74, 6) is -0.866. The number of ether oxygens (including phenoxy) is 1. The number of hydrogen-bond donors (Lipinski definition) is 1. The summed E-state index contributed by atoms with van der Waals surface area (Å²) < 4.78 is 5.55. The number of para-hydroxylation sites is 1. The number of esters is 1. The van der Waals surface area contributed by atoms with Gasteiger partial charge in [0.1, 0.15) is 0 Å². The number of benzene rings is 3. The molecule has 0 radical (unpaired) electrons. The second-order valence-electron chi connectivity index (χ2n) is 8.89. The summed E-state index contributed by atoms with van der Waals surface area (Å²) in [6.07, 6.45) is 0.778. The van der Waals surface area contributed by atoms with Crippen LogP contribution in [0.3, 0.4) is 0 Å². The lowest BCUT2D eigenvalue weighted by atomic mass is 9.95. The van der Waals surface area contributed by atoms with Crippen LogP contribution in [0.4, 0.5) is 5.69 Å². The van der Waals surface area contributed by atoms with Crippen molar-refractivity contribution in [1.29, 1.82) is 0 Å². The molecule has 0 unspecified atom stereocenters. The van der Waals surface area contributed by atoms with Gasteiger partial charge in [-0.3, -0.25) is 14.7 Å². The number of nitrogens with one attached hydrogen (secondary N) is 1. The summed E-state index contributed by atoms with van der Waals surface area (Å²) in [5, 5.41) is 5.60. The van der Waals surface area contributed by atoms with Crippen LogP contribution in [0.2, 0.25) is 0 Å². The molecule has 1 aliphatic rings. The number of aromatic nitrogens is 1. The van der Waals surface area contributed by atoms with Crippen LogP contribution in [-0.2, 0) is 22.5 Å². The van der Waals surface area contributed by atoms with Gasteiger partial charge in [0.25, 0.3) is 5.91 Å². The molecule has 0 saturated heterocycles. The minimum atomic E-state index is -0.492. The van der Waals surface area contributed by atoms with Crippen LogP contribution in [0, 0.1) is 0 Å². The molecule has 0 spiro atoms. The highest BCUT2D eigenvalue weighted by Crippen LogP contribution is 2.29. The molecule has 0 bridgehead atoms. The van der Waals surface area contributed by atoms with Crippen molar-refractivity contribution in [2.24, 2.45) is 0 Å². The van der Waals surface area contributed by atoms with Crippen LogP contribution in [0.5, 0.6) is 0 Å². The van der Waals surface area contributed by atoms with Crippen molar-refractivity contribution < 1.29 is 14.3 Å². The predicted octanol–water partition coefficient (Wildman–Crippen LogP) is 4.95. The maximum atomic E-state index is 13.3. The Hall–Kier alpha value is -3.77. The molecule has 5 rings (SSSR count). The number of fused-ring (bicyclic) bond motifs is 3.